The summed E-state index contributed by atoms with van der Waals surface area (Å²) in [6, 6.07) is 5.27. The SMILES string of the molecule is CCCCCC(=O)N1CCN(C(=O)c2ccc(C(=O)N3C[C@@H](C(N)=O)[C@H](C(N)=O)C3)cc2)CC1C(=O)NCC. The maximum absolute atomic E-state index is 13.3. The van der Waals surface area contributed by atoms with Gasteiger partial charge in [0.05, 0.1) is 18.4 Å². The number of benzene rings is 1. The largest absolute Gasteiger partial charge is 0.369 e. The summed E-state index contributed by atoms with van der Waals surface area (Å²) in [6.07, 6.45) is 3.04. The average molecular weight is 543 g/mol. The van der Waals surface area contributed by atoms with E-state index in [0.717, 1.165) is 19.3 Å². The number of hydrogen-bond donors (Lipinski definition) is 3. The molecule has 2 aliphatic rings. The van der Waals surface area contributed by atoms with Gasteiger partial charge in [-0.25, -0.2) is 0 Å². The first-order valence-electron chi connectivity index (χ1n) is 13.4. The molecule has 0 radical (unpaired) electrons. The average Bonchev–Trinajstić information content (AvgIpc) is 3.39. The van der Waals surface area contributed by atoms with E-state index in [0.29, 0.717) is 18.5 Å². The standard InChI is InChI=1S/C27H38N6O6/c1-3-5-6-7-22(34)33-13-12-31(16-21(33)25(37)30-4-2)26(38)17-8-10-18(11-9-17)27(39)32-14-19(23(28)35)20(15-32)24(29)36/h8-11,19-21H,3-7,12-16H2,1-2H3,(H2,28,35)(H2,29,36)(H,30,37)/t19-,20-,21?/m1/s1. The Labute approximate surface area is 228 Å². The Hall–Kier alpha value is -3.96. The molecule has 2 saturated heterocycles. The summed E-state index contributed by atoms with van der Waals surface area (Å²) in [6.45, 7) is 4.85. The molecule has 1 aromatic rings. The van der Waals surface area contributed by atoms with Gasteiger partial charge in [-0.1, -0.05) is 19.8 Å². The second-order valence-corrected chi connectivity index (χ2v) is 10.0. The Balaban J connectivity index is 1.68. The minimum atomic E-state index is -0.845. The molecule has 3 rings (SSSR count). The van der Waals surface area contributed by atoms with Gasteiger partial charge in [0.15, 0.2) is 0 Å². The van der Waals surface area contributed by atoms with Crippen LogP contribution < -0.4 is 16.8 Å². The van der Waals surface area contributed by atoms with E-state index in [4.69, 9.17) is 11.5 Å². The molecule has 0 aromatic heterocycles. The quantitative estimate of drug-likeness (QED) is 0.342. The van der Waals surface area contributed by atoms with Crippen molar-refractivity contribution < 1.29 is 28.8 Å². The van der Waals surface area contributed by atoms with E-state index in [1.54, 1.807) is 16.7 Å². The van der Waals surface area contributed by atoms with Crippen LogP contribution in [0.2, 0.25) is 0 Å². The van der Waals surface area contributed by atoms with Crippen molar-refractivity contribution in [2.45, 2.75) is 45.6 Å². The zero-order chi connectivity index (χ0) is 28.7. The van der Waals surface area contributed by atoms with E-state index in [9.17, 15) is 28.8 Å². The predicted molar refractivity (Wildman–Crippen MR) is 142 cm³/mol. The monoisotopic (exact) mass is 542 g/mol. The lowest BCUT2D eigenvalue weighted by Gasteiger charge is -2.40. The van der Waals surface area contributed by atoms with Crippen LogP contribution in [0.5, 0.6) is 0 Å². The minimum absolute atomic E-state index is 0.00882. The Morgan fingerprint density at radius 3 is 1.82 bits per heavy atom. The molecule has 0 aliphatic carbocycles. The first kappa shape index (κ1) is 29.6. The van der Waals surface area contributed by atoms with Gasteiger partial charge >= 0.3 is 0 Å². The molecule has 1 aromatic carbocycles. The van der Waals surface area contributed by atoms with Crippen LogP contribution in [0.25, 0.3) is 0 Å². The molecule has 212 valence electrons. The summed E-state index contributed by atoms with van der Waals surface area (Å²) in [7, 11) is 0. The molecule has 5 N–H and O–H groups in total. The topological polar surface area (TPSA) is 176 Å². The first-order valence-corrected chi connectivity index (χ1v) is 13.4. The summed E-state index contributed by atoms with van der Waals surface area (Å²) in [4.78, 5) is 79.7. The first-order chi connectivity index (χ1) is 18.6. The molecule has 2 aliphatic heterocycles. The van der Waals surface area contributed by atoms with E-state index < -0.39 is 35.6 Å². The van der Waals surface area contributed by atoms with Crippen molar-refractivity contribution in [3.63, 3.8) is 0 Å². The summed E-state index contributed by atoms with van der Waals surface area (Å²) >= 11 is 0. The van der Waals surface area contributed by atoms with Crippen LogP contribution >= 0.6 is 0 Å². The van der Waals surface area contributed by atoms with Crippen molar-refractivity contribution >= 4 is 35.4 Å². The number of piperazine rings is 1. The lowest BCUT2D eigenvalue weighted by molar-refractivity contribution is -0.143. The molecule has 39 heavy (non-hydrogen) atoms. The number of unbranched alkanes of at least 4 members (excludes halogenated alkanes) is 2. The smallest absolute Gasteiger partial charge is 0.253 e. The van der Waals surface area contributed by atoms with Gasteiger partial charge < -0.3 is 31.5 Å². The highest BCUT2D eigenvalue weighted by atomic mass is 16.2. The fourth-order valence-electron chi connectivity index (χ4n) is 5.12. The molecule has 12 nitrogen and oxygen atoms in total. The molecule has 0 bridgehead atoms. The zero-order valence-corrected chi connectivity index (χ0v) is 22.6. The number of primary amides is 2. The van der Waals surface area contributed by atoms with Crippen LogP contribution in [-0.2, 0) is 19.2 Å². The maximum atomic E-state index is 13.3. The van der Waals surface area contributed by atoms with E-state index in [2.05, 4.69) is 12.2 Å². The van der Waals surface area contributed by atoms with Gasteiger partial charge in [0.1, 0.15) is 6.04 Å². The second-order valence-electron chi connectivity index (χ2n) is 10.0. The third kappa shape index (κ3) is 6.92. The number of amides is 6. The van der Waals surface area contributed by atoms with Crippen molar-refractivity contribution in [2.75, 3.05) is 39.3 Å². The third-order valence-corrected chi connectivity index (χ3v) is 7.35. The molecule has 0 spiro atoms. The van der Waals surface area contributed by atoms with Crippen LogP contribution in [0, 0.1) is 11.8 Å². The fraction of sp³-hybridized carbons (Fsp3) is 0.556. The fourth-order valence-corrected chi connectivity index (χ4v) is 5.12. The van der Waals surface area contributed by atoms with Gasteiger partial charge in [-0.2, -0.15) is 0 Å². The van der Waals surface area contributed by atoms with Crippen LogP contribution in [-0.4, -0.2) is 95.5 Å². The molecular weight excluding hydrogens is 504 g/mol. The van der Waals surface area contributed by atoms with Crippen LogP contribution in [0.15, 0.2) is 24.3 Å². The molecular formula is C27H38N6O6. The number of nitrogens with two attached hydrogens (primary N) is 2. The third-order valence-electron chi connectivity index (χ3n) is 7.35. The van der Waals surface area contributed by atoms with Crippen molar-refractivity contribution in [1.29, 1.82) is 0 Å². The summed E-state index contributed by atoms with van der Waals surface area (Å²) < 4.78 is 0. The number of likely N-dealkylation sites (tertiary alicyclic amines) is 1. The van der Waals surface area contributed by atoms with Gasteiger partial charge in [0.25, 0.3) is 11.8 Å². The zero-order valence-electron chi connectivity index (χ0n) is 22.6. The molecule has 0 saturated carbocycles. The van der Waals surface area contributed by atoms with Crippen molar-refractivity contribution in [3.05, 3.63) is 35.4 Å². The highest BCUT2D eigenvalue weighted by molar-refractivity contribution is 5.99. The Morgan fingerprint density at radius 2 is 1.33 bits per heavy atom. The van der Waals surface area contributed by atoms with Crippen molar-refractivity contribution in [1.82, 2.24) is 20.0 Å². The number of nitrogens with one attached hydrogen (secondary N) is 1. The predicted octanol–water partition coefficient (Wildman–Crippen LogP) is -0.285. The lowest BCUT2D eigenvalue weighted by atomic mass is 9.95. The number of carbonyl (C=O) groups is 6. The molecule has 12 heteroatoms. The van der Waals surface area contributed by atoms with Crippen molar-refractivity contribution in [2.24, 2.45) is 23.3 Å². The normalized spacial score (nSPS) is 21.0. The number of rotatable bonds is 10. The van der Waals surface area contributed by atoms with Gasteiger partial charge in [0.2, 0.25) is 23.6 Å². The summed E-state index contributed by atoms with van der Waals surface area (Å²) in [5.74, 6) is -4.18. The van der Waals surface area contributed by atoms with Crippen LogP contribution in [0.4, 0.5) is 0 Å². The molecule has 2 heterocycles. The summed E-state index contributed by atoms with van der Waals surface area (Å²) in [5.41, 5.74) is 11.4. The number of carbonyl (C=O) groups excluding carboxylic acids is 6. The van der Waals surface area contributed by atoms with Gasteiger partial charge in [-0.15, -0.1) is 0 Å². The summed E-state index contributed by atoms with van der Waals surface area (Å²) in [5, 5.41) is 2.76. The molecule has 3 atom stereocenters. The van der Waals surface area contributed by atoms with Gasteiger partial charge in [-0.05, 0) is 37.6 Å². The highest BCUT2D eigenvalue weighted by Crippen LogP contribution is 2.25. The number of likely N-dealkylation sites (N-methyl/N-ethyl adjacent to an activating group) is 1. The molecule has 6 amide bonds. The highest BCUT2D eigenvalue weighted by Gasteiger charge is 2.42. The van der Waals surface area contributed by atoms with E-state index in [-0.39, 0.29) is 56.0 Å². The van der Waals surface area contributed by atoms with E-state index in [1.807, 2.05) is 0 Å². The lowest BCUT2D eigenvalue weighted by Crippen LogP contribution is -2.61. The molecule has 1 unspecified atom stereocenters. The molecule has 2 fully saturated rings. The van der Waals surface area contributed by atoms with Gasteiger partial charge in [-0.3, -0.25) is 28.8 Å². The maximum Gasteiger partial charge on any atom is 0.253 e. The van der Waals surface area contributed by atoms with Crippen LogP contribution in [0.1, 0.15) is 60.2 Å². The van der Waals surface area contributed by atoms with Gasteiger partial charge in [0, 0.05) is 50.3 Å². The van der Waals surface area contributed by atoms with Crippen LogP contribution in [0.3, 0.4) is 0 Å². The Kier molecular flexibility index (Phi) is 10.0. The number of nitrogens with zero attached hydrogens (tertiary/aromatic N) is 3. The number of hydrogen-bond acceptors (Lipinski definition) is 6. The van der Waals surface area contributed by atoms with Crippen molar-refractivity contribution in [3.8, 4) is 0 Å². The Morgan fingerprint density at radius 1 is 0.795 bits per heavy atom. The Bertz CT molecular complexity index is 1080. The second kappa shape index (κ2) is 13.2. The van der Waals surface area contributed by atoms with E-state index in [1.165, 1.54) is 29.2 Å². The minimum Gasteiger partial charge on any atom is -0.369 e. The van der Waals surface area contributed by atoms with E-state index >= 15 is 0 Å².